The molecular weight excluding hydrogens is 740 g/mol. The zero-order valence-electron chi connectivity index (χ0n) is 30.0. The first kappa shape index (κ1) is 39.6. The third-order valence-corrected chi connectivity index (χ3v) is 10.8. The zero-order chi connectivity index (χ0) is 38.8. The maximum atomic E-state index is 14.0. The fourth-order valence-corrected chi connectivity index (χ4v) is 7.84. The Morgan fingerprint density at radius 2 is 1.79 bits per heavy atom. The van der Waals surface area contributed by atoms with E-state index in [1.54, 1.807) is 41.5 Å². The van der Waals surface area contributed by atoms with Crippen molar-refractivity contribution in [3.05, 3.63) is 99.7 Å². The molecule has 1 aliphatic rings. The molecule has 0 unspecified atom stereocenters. The van der Waals surface area contributed by atoms with Gasteiger partial charge in [-0.3, -0.25) is 14.7 Å². The van der Waals surface area contributed by atoms with Crippen molar-refractivity contribution in [1.82, 2.24) is 14.9 Å². The molecule has 2 heterocycles. The largest absolute Gasteiger partial charge is 0.399 e. The fourth-order valence-electron chi connectivity index (χ4n) is 6.43. The number of halogens is 3. The van der Waals surface area contributed by atoms with Crippen molar-refractivity contribution in [3.8, 4) is 6.07 Å². The molecule has 12 nitrogen and oxygen atoms in total. The summed E-state index contributed by atoms with van der Waals surface area (Å²) in [5.41, 5.74) is 9.63. The van der Waals surface area contributed by atoms with Crippen LogP contribution in [0.2, 0.25) is 10.0 Å². The first-order chi connectivity index (χ1) is 24.9. The van der Waals surface area contributed by atoms with Crippen molar-refractivity contribution < 1.29 is 17.6 Å². The number of benzene rings is 3. The van der Waals surface area contributed by atoms with Crippen LogP contribution in [0, 0.1) is 17.1 Å². The standard InChI is InChI=1S/C37H42Cl2FN9O3S/c1-22(50)49(53(5,51)52)28-8-6-7-23(15-28)35(33(42)21-48(43)27-11-13-47(14-12-27)37(2,3)4)46-26-16-29-34(45-25-9-10-32(40)30(38)17-25)24(19-41)20-44-36(29)31(39)18-26/h6-10,15-18,20-21,27,35,46H,11-14,42-43H2,1-5H3,(H,44,45)/b33-21-/t35-/m0/s1. The molecule has 0 bridgehead atoms. The maximum Gasteiger partial charge on any atom is 0.238 e. The van der Waals surface area contributed by atoms with Gasteiger partial charge in [-0.05, 0) is 81.6 Å². The third kappa shape index (κ3) is 9.12. The van der Waals surface area contributed by atoms with E-state index < -0.39 is 27.8 Å². The van der Waals surface area contributed by atoms with E-state index in [-0.39, 0.29) is 38.6 Å². The zero-order valence-corrected chi connectivity index (χ0v) is 32.3. The Bertz CT molecular complexity index is 2220. The molecule has 53 heavy (non-hydrogen) atoms. The summed E-state index contributed by atoms with van der Waals surface area (Å²) in [5.74, 6) is 5.35. The predicted molar refractivity (Wildman–Crippen MR) is 210 cm³/mol. The molecule has 6 N–H and O–H groups in total. The minimum atomic E-state index is -3.96. The van der Waals surface area contributed by atoms with Crippen LogP contribution in [0.3, 0.4) is 0 Å². The maximum absolute atomic E-state index is 14.0. The summed E-state index contributed by atoms with van der Waals surface area (Å²) in [6.45, 7) is 9.43. The lowest BCUT2D eigenvalue weighted by atomic mass is 9.97. The number of hydrogen-bond donors (Lipinski definition) is 4. The monoisotopic (exact) mass is 781 g/mol. The lowest BCUT2D eigenvalue weighted by Gasteiger charge is -2.42. The van der Waals surface area contributed by atoms with Gasteiger partial charge in [0.15, 0.2) is 0 Å². The normalized spacial score (nSPS) is 15.1. The number of fused-ring (bicyclic) bond motifs is 1. The van der Waals surface area contributed by atoms with Crippen LogP contribution in [-0.4, -0.2) is 60.1 Å². The second-order valence-electron chi connectivity index (χ2n) is 14.0. The average molecular weight is 783 g/mol. The number of anilines is 4. The smallest absolute Gasteiger partial charge is 0.238 e. The molecule has 1 amide bonds. The summed E-state index contributed by atoms with van der Waals surface area (Å²) < 4.78 is 40.0. The van der Waals surface area contributed by atoms with Gasteiger partial charge in [-0.1, -0.05) is 35.3 Å². The number of amides is 1. The number of carbonyl (C=O) groups is 1. The summed E-state index contributed by atoms with van der Waals surface area (Å²) in [4.78, 5) is 19.3. The Hall–Kier alpha value is -4.65. The lowest BCUT2D eigenvalue weighted by molar-refractivity contribution is -0.115. The SMILES string of the molecule is CC(=O)N(c1cccc([C@H](Nc2cc(Cl)c3ncc(C#N)c(Nc4ccc(F)c(Cl)c4)c3c2)/C(N)=C/N(N)C2CCN(C(C)(C)C)CC2)c1)S(C)(=O)=O. The van der Waals surface area contributed by atoms with E-state index in [1.807, 2.05) is 0 Å². The molecule has 1 atom stereocenters. The quantitative estimate of drug-likeness (QED) is 0.0964. The average Bonchev–Trinajstić information content (AvgIpc) is 3.08. The molecule has 0 saturated carbocycles. The molecule has 0 spiro atoms. The highest BCUT2D eigenvalue weighted by atomic mass is 35.5. The molecule has 16 heteroatoms. The molecule has 280 valence electrons. The van der Waals surface area contributed by atoms with Gasteiger partial charge in [0, 0.05) is 60.8 Å². The minimum absolute atomic E-state index is 0.0109. The topological polar surface area (TPSA) is 174 Å². The van der Waals surface area contributed by atoms with Gasteiger partial charge in [-0.15, -0.1) is 0 Å². The molecule has 4 aromatic rings. The Labute approximate surface area is 319 Å². The molecular formula is C37H42Cl2FN9O3S. The van der Waals surface area contributed by atoms with E-state index in [1.165, 1.54) is 37.4 Å². The number of hydrogen-bond acceptors (Lipinski definition) is 11. The number of sulfonamides is 1. The van der Waals surface area contributed by atoms with Gasteiger partial charge in [0.2, 0.25) is 15.9 Å². The molecule has 1 aliphatic heterocycles. The van der Waals surface area contributed by atoms with Crippen LogP contribution >= 0.6 is 23.2 Å². The highest BCUT2D eigenvalue weighted by Gasteiger charge is 2.29. The van der Waals surface area contributed by atoms with Gasteiger partial charge in [-0.25, -0.2) is 23.0 Å². The van der Waals surface area contributed by atoms with Crippen LogP contribution in [0.5, 0.6) is 0 Å². The summed E-state index contributed by atoms with van der Waals surface area (Å²) >= 11 is 12.8. The second-order valence-corrected chi connectivity index (χ2v) is 16.6. The van der Waals surface area contributed by atoms with Crippen molar-refractivity contribution in [2.75, 3.05) is 34.3 Å². The number of nitriles is 1. The summed E-state index contributed by atoms with van der Waals surface area (Å²) in [7, 11) is -3.96. The number of rotatable bonds is 10. The van der Waals surface area contributed by atoms with Gasteiger partial charge < -0.3 is 21.4 Å². The van der Waals surface area contributed by atoms with Crippen molar-refractivity contribution in [3.63, 3.8) is 0 Å². The number of pyridine rings is 1. The minimum Gasteiger partial charge on any atom is -0.399 e. The van der Waals surface area contributed by atoms with Crippen LogP contribution in [0.1, 0.15) is 57.7 Å². The number of nitrogens with one attached hydrogen (secondary N) is 2. The molecule has 1 fully saturated rings. The highest BCUT2D eigenvalue weighted by molar-refractivity contribution is 7.92. The summed E-state index contributed by atoms with van der Waals surface area (Å²) in [5, 5.41) is 18.8. The molecule has 1 aromatic heterocycles. The van der Waals surface area contributed by atoms with Crippen molar-refractivity contribution in [1.29, 1.82) is 5.26 Å². The van der Waals surface area contributed by atoms with Gasteiger partial charge in [0.1, 0.15) is 11.9 Å². The second kappa shape index (κ2) is 15.8. The van der Waals surface area contributed by atoms with Crippen molar-refractivity contribution in [2.24, 2.45) is 11.6 Å². The predicted octanol–water partition coefficient (Wildman–Crippen LogP) is 7.00. The molecule has 5 rings (SSSR count). The lowest BCUT2D eigenvalue weighted by Crippen LogP contribution is -2.51. The Balaban J connectivity index is 1.59. The third-order valence-electron chi connectivity index (χ3n) is 9.07. The van der Waals surface area contributed by atoms with Crippen LogP contribution in [0.4, 0.5) is 27.1 Å². The molecule has 0 aliphatic carbocycles. The van der Waals surface area contributed by atoms with Crippen LogP contribution in [-0.2, 0) is 14.8 Å². The number of carbonyl (C=O) groups excluding carboxylic acids is 1. The molecule has 3 aromatic carbocycles. The number of piperidine rings is 1. The van der Waals surface area contributed by atoms with Gasteiger partial charge >= 0.3 is 0 Å². The van der Waals surface area contributed by atoms with E-state index in [2.05, 4.69) is 47.4 Å². The Morgan fingerprint density at radius 3 is 2.40 bits per heavy atom. The van der Waals surface area contributed by atoms with Gasteiger partial charge in [0.05, 0.1) is 50.5 Å². The molecule has 1 saturated heterocycles. The van der Waals surface area contributed by atoms with E-state index in [0.29, 0.717) is 37.8 Å². The summed E-state index contributed by atoms with van der Waals surface area (Å²) in [6, 6.07) is 15.2. The van der Waals surface area contributed by atoms with E-state index in [4.69, 9.17) is 34.8 Å². The number of hydrazine groups is 1. The number of nitrogens with zero attached hydrogens (tertiary/aromatic N) is 5. The molecule has 0 radical (unpaired) electrons. The van der Waals surface area contributed by atoms with Crippen molar-refractivity contribution >= 4 is 72.8 Å². The van der Waals surface area contributed by atoms with E-state index in [0.717, 1.165) is 32.2 Å². The Kier molecular flexibility index (Phi) is 11.8. The first-order valence-corrected chi connectivity index (χ1v) is 19.3. The van der Waals surface area contributed by atoms with Gasteiger partial charge in [0.25, 0.3) is 0 Å². The number of likely N-dealkylation sites (tertiary alicyclic amines) is 1. The van der Waals surface area contributed by atoms with Crippen LogP contribution in [0.25, 0.3) is 10.9 Å². The number of nitrogens with two attached hydrogens (primary N) is 2. The Morgan fingerprint density at radius 1 is 1.11 bits per heavy atom. The van der Waals surface area contributed by atoms with Gasteiger partial charge in [-0.2, -0.15) is 5.26 Å². The van der Waals surface area contributed by atoms with Crippen molar-refractivity contribution in [2.45, 2.75) is 58.2 Å². The van der Waals surface area contributed by atoms with E-state index in [9.17, 15) is 22.9 Å². The van der Waals surface area contributed by atoms with Crippen LogP contribution < -0.4 is 26.5 Å². The number of aromatic nitrogens is 1. The highest BCUT2D eigenvalue weighted by Crippen LogP contribution is 2.37. The van der Waals surface area contributed by atoms with Crippen LogP contribution in [0.15, 0.2) is 72.7 Å². The summed E-state index contributed by atoms with van der Waals surface area (Å²) in [6.07, 6.45) is 5.63. The fraction of sp³-hybridized carbons (Fsp3) is 0.324. The van der Waals surface area contributed by atoms with E-state index >= 15 is 0 Å². The first-order valence-electron chi connectivity index (χ1n) is 16.7.